The summed E-state index contributed by atoms with van der Waals surface area (Å²) in [6, 6.07) is 4.40. The first kappa shape index (κ1) is 12.2. The van der Waals surface area contributed by atoms with Gasteiger partial charge >= 0.3 is 0 Å². The molecule has 5 heteroatoms. The highest BCUT2D eigenvalue weighted by atomic mass is 35.5. The maximum Gasteiger partial charge on any atom is 0.255 e. The van der Waals surface area contributed by atoms with E-state index in [9.17, 15) is 9.90 Å². The molecule has 0 aromatic heterocycles. The van der Waals surface area contributed by atoms with Gasteiger partial charge in [0, 0.05) is 6.54 Å². The Balaban J connectivity index is 2.26. The zero-order valence-corrected chi connectivity index (χ0v) is 10.3. The molecule has 92 valence electrons. The molecule has 0 radical (unpaired) electrons. The van der Waals surface area contributed by atoms with Crippen molar-refractivity contribution in [3.05, 3.63) is 28.8 Å². The summed E-state index contributed by atoms with van der Waals surface area (Å²) < 4.78 is 5.28. The Bertz CT molecular complexity index is 436. The first-order valence-corrected chi connectivity index (χ1v) is 5.84. The maximum absolute atomic E-state index is 12.3. The Morgan fingerprint density at radius 2 is 2.35 bits per heavy atom. The lowest BCUT2D eigenvalue weighted by Crippen LogP contribution is -2.47. The fraction of sp³-hybridized carbons (Fsp3) is 0.417. The molecule has 1 N–H and O–H groups in total. The highest BCUT2D eigenvalue weighted by molar-refractivity contribution is 6.33. The van der Waals surface area contributed by atoms with Gasteiger partial charge < -0.3 is 14.7 Å². The molecule has 4 nitrogen and oxygen atoms in total. The normalized spacial score (nSPS) is 20.4. The third-order valence-corrected chi connectivity index (χ3v) is 3.14. The van der Waals surface area contributed by atoms with Crippen LogP contribution in [0.5, 0.6) is 5.75 Å². The number of phenolic OH excluding ortho intramolecular Hbond substituents is 1. The summed E-state index contributed by atoms with van der Waals surface area (Å²) in [6.45, 7) is 3.54. The molecular formula is C12H14ClNO3. The van der Waals surface area contributed by atoms with Gasteiger partial charge in [0.1, 0.15) is 5.75 Å². The number of carbonyl (C=O) groups is 1. The molecule has 1 aromatic carbocycles. The topological polar surface area (TPSA) is 49.8 Å². The number of ether oxygens (including phenoxy) is 1. The van der Waals surface area contributed by atoms with Crippen LogP contribution in [0.15, 0.2) is 18.2 Å². The molecule has 0 saturated carbocycles. The third kappa shape index (κ3) is 2.53. The van der Waals surface area contributed by atoms with Gasteiger partial charge in [-0.25, -0.2) is 0 Å². The SMILES string of the molecule is CC1COCCN1C(=O)c1cc(O)ccc1Cl. The smallest absolute Gasteiger partial charge is 0.255 e. The van der Waals surface area contributed by atoms with Gasteiger partial charge in [-0.2, -0.15) is 0 Å². The summed E-state index contributed by atoms with van der Waals surface area (Å²) in [6.07, 6.45) is 0. The largest absolute Gasteiger partial charge is 0.508 e. The number of hydrogen-bond donors (Lipinski definition) is 1. The van der Waals surface area contributed by atoms with Crippen LogP contribution in [0.25, 0.3) is 0 Å². The molecule has 0 aliphatic carbocycles. The average Bonchev–Trinajstić information content (AvgIpc) is 2.32. The van der Waals surface area contributed by atoms with E-state index in [0.717, 1.165) is 0 Å². The van der Waals surface area contributed by atoms with E-state index in [4.69, 9.17) is 16.3 Å². The summed E-state index contributed by atoms with van der Waals surface area (Å²) in [5.41, 5.74) is 0.334. The minimum atomic E-state index is -0.165. The van der Waals surface area contributed by atoms with Gasteiger partial charge in [0.2, 0.25) is 0 Å². The number of carbonyl (C=O) groups excluding carboxylic acids is 1. The highest BCUT2D eigenvalue weighted by Gasteiger charge is 2.26. The summed E-state index contributed by atoms with van der Waals surface area (Å²) in [5.74, 6) is -0.125. The summed E-state index contributed by atoms with van der Waals surface area (Å²) in [5, 5.41) is 9.75. The van der Waals surface area contributed by atoms with Crippen molar-refractivity contribution in [3.8, 4) is 5.75 Å². The second-order valence-corrected chi connectivity index (χ2v) is 4.49. The van der Waals surface area contributed by atoms with Crippen LogP contribution in [-0.2, 0) is 4.74 Å². The number of benzene rings is 1. The molecule has 1 saturated heterocycles. The van der Waals surface area contributed by atoms with Crippen molar-refractivity contribution in [2.45, 2.75) is 13.0 Å². The van der Waals surface area contributed by atoms with Gasteiger partial charge in [-0.3, -0.25) is 4.79 Å². The van der Waals surface area contributed by atoms with E-state index in [2.05, 4.69) is 0 Å². The number of rotatable bonds is 1. The Hall–Kier alpha value is -1.26. The molecule has 1 fully saturated rings. The van der Waals surface area contributed by atoms with Crippen LogP contribution in [0, 0.1) is 0 Å². The Morgan fingerprint density at radius 1 is 1.59 bits per heavy atom. The molecule has 1 heterocycles. The number of amides is 1. The zero-order chi connectivity index (χ0) is 12.4. The Morgan fingerprint density at radius 3 is 3.06 bits per heavy atom. The van der Waals surface area contributed by atoms with Crippen molar-refractivity contribution >= 4 is 17.5 Å². The fourth-order valence-electron chi connectivity index (χ4n) is 1.86. The van der Waals surface area contributed by atoms with Crippen LogP contribution in [0.2, 0.25) is 5.02 Å². The molecule has 17 heavy (non-hydrogen) atoms. The number of phenols is 1. The number of aromatic hydroxyl groups is 1. The minimum absolute atomic E-state index is 0.0228. The predicted molar refractivity (Wildman–Crippen MR) is 64.4 cm³/mol. The monoisotopic (exact) mass is 255 g/mol. The zero-order valence-electron chi connectivity index (χ0n) is 9.52. The van der Waals surface area contributed by atoms with E-state index in [1.807, 2.05) is 6.92 Å². The second kappa shape index (κ2) is 4.94. The predicted octanol–water partition coefficient (Wildman–Crippen LogP) is 1.91. The van der Waals surface area contributed by atoms with Gasteiger partial charge in [-0.15, -0.1) is 0 Å². The van der Waals surface area contributed by atoms with Crippen LogP contribution in [0.1, 0.15) is 17.3 Å². The van der Waals surface area contributed by atoms with Crippen molar-refractivity contribution in [1.29, 1.82) is 0 Å². The Labute approximate surface area is 105 Å². The summed E-state index contributed by atoms with van der Waals surface area (Å²) >= 11 is 5.97. The standard InChI is InChI=1S/C12H14ClNO3/c1-8-7-17-5-4-14(8)12(16)10-6-9(15)2-3-11(10)13/h2-3,6,8,15H,4-5,7H2,1H3. The van der Waals surface area contributed by atoms with Crippen LogP contribution in [0.4, 0.5) is 0 Å². The molecule has 1 amide bonds. The lowest BCUT2D eigenvalue weighted by molar-refractivity contribution is 0.00359. The van der Waals surface area contributed by atoms with Crippen molar-refractivity contribution in [1.82, 2.24) is 4.90 Å². The molecule has 0 spiro atoms. The average molecular weight is 256 g/mol. The molecule has 1 aromatic rings. The Kier molecular flexibility index (Phi) is 3.54. The number of hydrogen-bond acceptors (Lipinski definition) is 3. The number of halogens is 1. The van der Waals surface area contributed by atoms with E-state index >= 15 is 0 Å². The van der Waals surface area contributed by atoms with E-state index in [-0.39, 0.29) is 17.7 Å². The number of morpholine rings is 1. The first-order valence-electron chi connectivity index (χ1n) is 5.47. The van der Waals surface area contributed by atoms with Gasteiger partial charge in [0.05, 0.1) is 29.8 Å². The molecule has 1 aliphatic heterocycles. The van der Waals surface area contributed by atoms with E-state index in [1.54, 1.807) is 4.90 Å². The van der Waals surface area contributed by atoms with Crippen LogP contribution >= 0.6 is 11.6 Å². The minimum Gasteiger partial charge on any atom is -0.508 e. The van der Waals surface area contributed by atoms with Crippen LogP contribution in [-0.4, -0.2) is 41.7 Å². The third-order valence-electron chi connectivity index (χ3n) is 2.81. The van der Waals surface area contributed by atoms with Gasteiger partial charge in [-0.1, -0.05) is 11.6 Å². The first-order chi connectivity index (χ1) is 8.09. The van der Waals surface area contributed by atoms with Crippen molar-refractivity contribution in [3.63, 3.8) is 0 Å². The fourth-order valence-corrected chi connectivity index (χ4v) is 2.06. The molecule has 2 rings (SSSR count). The lowest BCUT2D eigenvalue weighted by atomic mass is 10.1. The molecule has 1 unspecified atom stereocenters. The second-order valence-electron chi connectivity index (χ2n) is 4.09. The lowest BCUT2D eigenvalue weighted by Gasteiger charge is -2.33. The number of nitrogens with zero attached hydrogens (tertiary/aromatic N) is 1. The maximum atomic E-state index is 12.3. The van der Waals surface area contributed by atoms with Gasteiger partial charge in [0.25, 0.3) is 5.91 Å². The molecule has 1 aliphatic rings. The summed E-state index contributed by atoms with van der Waals surface area (Å²) in [7, 11) is 0. The van der Waals surface area contributed by atoms with Gasteiger partial charge in [-0.05, 0) is 25.1 Å². The van der Waals surface area contributed by atoms with Crippen LogP contribution < -0.4 is 0 Å². The van der Waals surface area contributed by atoms with Gasteiger partial charge in [0.15, 0.2) is 0 Å². The molecular weight excluding hydrogens is 242 g/mol. The van der Waals surface area contributed by atoms with E-state index < -0.39 is 0 Å². The van der Waals surface area contributed by atoms with Crippen molar-refractivity contribution < 1.29 is 14.6 Å². The highest BCUT2D eigenvalue weighted by Crippen LogP contribution is 2.23. The van der Waals surface area contributed by atoms with E-state index in [1.165, 1.54) is 18.2 Å². The van der Waals surface area contributed by atoms with Crippen molar-refractivity contribution in [2.75, 3.05) is 19.8 Å². The van der Waals surface area contributed by atoms with Crippen LogP contribution in [0.3, 0.4) is 0 Å². The summed E-state index contributed by atoms with van der Waals surface area (Å²) in [4.78, 5) is 14.0. The molecule has 0 bridgehead atoms. The van der Waals surface area contributed by atoms with Crippen molar-refractivity contribution in [2.24, 2.45) is 0 Å². The molecule has 1 atom stereocenters. The quantitative estimate of drug-likeness (QED) is 0.834. The van der Waals surface area contributed by atoms with E-state index in [0.29, 0.717) is 30.3 Å².